The number of rotatable bonds is 5. The summed E-state index contributed by atoms with van der Waals surface area (Å²) in [4.78, 5) is 25.6. The lowest BCUT2D eigenvalue weighted by molar-refractivity contribution is -0.145. The molecule has 1 rings (SSSR count). The molecule has 0 bridgehead atoms. The van der Waals surface area contributed by atoms with Crippen molar-refractivity contribution in [3.63, 3.8) is 0 Å². The fourth-order valence-electron chi connectivity index (χ4n) is 2.26. The minimum Gasteiger partial charge on any atom is -0.467 e. The van der Waals surface area contributed by atoms with Gasteiger partial charge >= 0.3 is 19.2 Å². The van der Waals surface area contributed by atoms with E-state index in [1.54, 1.807) is 39.7 Å². The van der Waals surface area contributed by atoms with E-state index in [1.165, 1.54) is 12.0 Å². The molecule has 0 radical (unpaired) electrons. The average Bonchev–Trinajstić information content (AvgIpc) is 2.67. The van der Waals surface area contributed by atoms with E-state index in [4.69, 9.17) is 18.8 Å². The highest BCUT2D eigenvalue weighted by atomic mass is 16.7. The van der Waals surface area contributed by atoms with Gasteiger partial charge in [-0.1, -0.05) is 12.1 Å². The van der Waals surface area contributed by atoms with Crippen molar-refractivity contribution < 1.29 is 28.4 Å². The van der Waals surface area contributed by atoms with Crippen molar-refractivity contribution in [2.75, 3.05) is 13.7 Å². The van der Waals surface area contributed by atoms with Crippen LogP contribution in [0.4, 0.5) is 4.79 Å². The Kier molecular flexibility index (Phi) is 6.93. The molecule has 1 heterocycles. The zero-order valence-corrected chi connectivity index (χ0v) is 17.4. The summed E-state index contributed by atoms with van der Waals surface area (Å²) in [5.74, 6) is 1.22. The molecular weight excluding hydrogens is 337 g/mol. The van der Waals surface area contributed by atoms with E-state index >= 15 is 0 Å². The molecular formula is C18H32BNO6. The van der Waals surface area contributed by atoms with Gasteiger partial charge in [0.2, 0.25) is 0 Å². The van der Waals surface area contributed by atoms with Gasteiger partial charge in [0, 0.05) is 6.54 Å². The number of ether oxygens (including phenoxy) is 2. The molecule has 0 aliphatic carbocycles. The van der Waals surface area contributed by atoms with Gasteiger partial charge < -0.3 is 18.8 Å². The van der Waals surface area contributed by atoms with Crippen molar-refractivity contribution >= 4 is 19.2 Å². The van der Waals surface area contributed by atoms with E-state index in [-0.39, 0.29) is 6.54 Å². The van der Waals surface area contributed by atoms with Crippen molar-refractivity contribution in [2.24, 2.45) is 0 Å². The zero-order valence-electron chi connectivity index (χ0n) is 17.4. The molecule has 7 nitrogen and oxygen atoms in total. The second-order valence-electron chi connectivity index (χ2n) is 8.38. The molecule has 0 spiro atoms. The summed E-state index contributed by atoms with van der Waals surface area (Å²) in [5, 5.41) is 0. The lowest BCUT2D eigenvalue weighted by atomic mass is 9.90. The lowest BCUT2D eigenvalue weighted by Gasteiger charge is -2.32. The second-order valence-corrected chi connectivity index (χ2v) is 8.38. The highest BCUT2D eigenvalue weighted by Gasteiger charge is 2.50. The largest absolute Gasteiger partial charge is 0.486 e. The molecule has 26 heavy (non-hydrogen) atoms. The first-order chi connectivity index (χ1) is 11.7. The molecule has 1 amide bonds. The lowest BCUT2D eigenvalue weighted by Crippen LogP contribution is -2.46. The number of carbonyl (C=O) groups is 2. The van der Waals surface area contributed by atoms with E-state index in [9.17, 15) is 9.59 Å². The third kappa shape index (κ3) is 5.74. The Bertz CT molecular complexity index is 536. The first-order valence-electron chi connectivity index (χ1n) is 8.80. The van der Waals surface area contributed by atoms with Gasteiger partial charge in [0.25, 0.3) is 0 Å². The van der Waals surface area contributed by atoms with Crippen LogP contribution in [0.5, 0.6) is 0 Å². The van der Waals surface area contributed by atoms with Gasteiger partial charge in [-0.05, 0) is 55.4 Å². The highest BCUT2D eigenvalue weighted by molar-refractivity contribution is 6.51. The summed E-state index contributed by atoms with van der Waals surface area (Å²) in [5.41, 5.74) is -1.54. The highest BCUT2D eigenvalue weighted by Crippen LogP contribution is 2.36. The SMILES string of the molecule is COC(=O)C(C)N(C/C=C/B1OC(C)(C)C(C)(C)O1)C(=O)OC(C)(C)C. The molecule has 0 N–H and O–H groups in total. The van der Waals surface area contributed by atoms with Gasteiger partial charge in [-0.25, -0.2) is 9.59 Å². The normalized spacial score (nSPS) is 20.1. The molecule has 0 aromatic heterocycles. The van der Waals surface area contributed by atoms with E-state index in [2.05, 4.69) is 0 Å². The fourth-order valence-corrected chi connectivity index (χ4v) is 2.26. The molecule has 8 heteroatoms. The van der Waals surface area contributed by atoms with Gasteiger partial charge in [-0.3, -0.25) is 4.90 Å². The van der Waals surface area contributed by atoms with Crippen LogP contribution in [0.25, 0.3) is 0 Å². The maximum absolute atomic E-state index is 12.5. The molecule has 1 saturated heterocycles. The monoisotopic (exact) mass is 369 g/mol. The molecule has 1 aliphatic rings. The summed E-state index contributed by atoms with van der Waals surface area (Å²) in [6.07, 6.45) is 1.14. The average molecular weight is 369 g/mol. The van der Waals surface area contributed by atoms with E-state index in [0.717, 1.165) is 0 Å². The van der Waals surface area contributed by atoms with Crippen molar-refractivity contribution in [3.05, 3.63) is 12.1 Å². The van der Waals surface area contributed by atoms with Gasteiger partial charge in [0.05, 0.1) is 18.3 Å². The number of carbonyl (C=O) groups excluding carboxylic acids is 2. The summed E-state index contributed by atoms with van der Waals surface area (Å²) < 4.78 is 21.9. The Morgan fingerprint density at radius 3 is 2.08 bits per heavy atom. The maximum atomic E-state index is 12.5. The summed E-state index contributed by atoms with van der Waals surface area (Å²) in [6, 6.07) is -0.780. The summed E-state index contributed by atoms with van der Waals surface area (Å²) >= 11 is 0. The molecule has 1 aliphatic heterocycles. The van der Waals surface area contributed by atoms with E-state index in [1.807, 2.05) is 27.7 Å². The summed E-state index contributed by atoms with van der Waals surface area (Å²) in [7, 11) is 0.765. The van der Waals surface area contributed by atoms with Crippen LogP contribution < -0.4 is 0 Å². The number of hydrogen-bond donors (Lipinski definition) is 0. The Morgan fingerprint density at radius 2 is 1.65 bits per heavy atom. The maximum Gasteiger partial charge on any atom is 0.486 e. The van der Waals surface area contributed by atoms with Crippen molar-refractivity contribution in [3.8, 4) is 0 Å². The molecule has 1 atom stereocenters. The number of esters is 1. The van der Waals surface area contributed by atoms with Crippen molar-refractivity contribution in [2.45, 2.75) is 78.2 Å². The van der Waals surface area contributed by atoms with Crippen LogP contribution in [-0.2, 0) is 23.6 Å². The zero-order chi connectivity index (χ0) is 20.3. The predicted octanol–water partition coefficient (Wildman–Crippen LogP) is 2.97. The van der Waals surface area contributed by atoms with Gasteiger partial charge in [-0.15, -0.1) is 0 Å². The van der Waals surface area contributed by atoms with E-state index in [0.29, 0.717) is 0 Å². The number of nitrogens with zero attached hydrogens (tertiary/aromatic N) is 1. The van der Waals surface area contributed by atoms with E-state index < -0.39 is 42.0 Å². The topological polar surface area (TPSA) is 74.3 Å². The Labute approximate surface area is 157 Å². The Hall–Kier alpha value is -1.54. The first kappa shape index (κ1) is 22.5. The first-order valence-corrected chi connectivity index (χ1v) is 8.80. The quantitative estimate of drug-likeness (QED) is 0.548. The second kappa shape index (κ2) is 8.00. The number of hydrogen-bond acceptors (Lipinski definition) is 6. The van der Waals surface area contributed by atoms with Gasteiger partial charge in [0.15, 0.2) is 0 Å². The molecule has 0 aromatic rings. The van der Waals surface area contributed by atoms with Gasteiger partial charge in [-0.2, -0.15) is 0 Å². The predicted molar refractivity (Wildman–Crippen MR) is 99.6 cm³/mol. The Balaban J connectivity index is 2.83. The molecule has 1 unspecified atom stereocenters. The standard InChI is InChI=1S/C18H32BNO6/c1-13(14(21)23-9)20(15(22)24-16(2,3)4)12-10-11-19-25-17(5,6)18(7,8)26-19/h10-11,13H,12H2,1-9H3/b11-10+. The van der Waals surface area contributed by atoms with Crippen LogP contribution in [0.15, 0.2) is 12.1 Å². The third-order valence-electron chi connectivity index (χ3n) is 4.50. The van der Waals surface area contributed by atoms with Crippen LogP contribution >= 0.6 is 0 Å². The smallest absolute Gasteiger partial charge is 0.467 e. The van der Waals surface area contributed by atoms with Crippen molar-refractivity contribution in [1.29, 1.82) is 0 Å². The minimum atomic E-state index is -0.780. The molecule has 148 valence electrons. The summed E-state index contributed by atoms with van der Waals surface area (Å²) in [6.45, 7) is 14.9. The van der Waals surface area contributed by atoms with Crippen LogP contribution in [-0.4, -0.2) is 60.6 Å². The molecule has 0 aromatic carbocycles. The van der Waals surface area contributed by atoms with Crippen LogP contribution in [0.3, 0.4) is 0 Å². The minimum absolute atomic E-state index is 0.162. The van der Waals surface area contributed by atoms with Crippen LogP contribution in [0, 0.1) is 0 Å². The fraction of sp³-hybridized carbons (Fsp3) is 0.778. The van der Waals surface area contributed by atoms with Crippen LogP contribution in [0.2, 0.25) is 0 Å². The molecule has 1 fully saturated rings. The van der Waals surface area contributed by atoms with Crippen LogP contribution in [0.1, 0.15) is 55.4 Å². The number of amides is 1. The van der Waals surface area contributed by atoms with Crippen molar-refractivity contribution in [1.82, 2.24) is 4.90 Å². The molecule has 0 saturated carbocycles. The van der Waals surface area contributed by atoms with Gasteiger partial charge in [0.1, 0.15) is 11.6 Å². The number of methoxy groups -OCH3 is 1. The third-order valence-corrected chi connectivity index (χ3v) is 4.50. The Morgan fingerprint density at radius 1 is 1.15 bits per heavy atom.